The summed E-state index contributed by atoms with van der Waals surface area (Å²) in [6, 6.07) is 9.68. The van der Waals surface area contributed by atoms with Crippen molar-refractivity contribution in [1.82, 2.24) is 25.3 Å². The molecule has 2 aliphatic rings. The van der Waals surface area contributed by atoms with Gasteiger partial charge in [-0.15, -0.1) is 0 Å². The first kappa shape index (κ1) is 20.4. The average molecular weight is 412 g/mol. The fourth-order valence-corrected chi connectivity index (χ4v) is 4.56. The molecule has 2 aliphatic heterocycles. The van der Waals surface area contributed by atoms with E-state index in [-0.39, 0.29) is 11.9 Å². The Bertz CT molecular complexity index is 861. The van der Waals surface area contributed by atoms with Crippen molar-refractivity contribution >= 4 is 11.9 Å². The van der Waals surface area contributed by atoms with Crippen LogP contribution in [0.1, 0.15) is 31.6 Å². The number of amides is 3. The Morgan fingerprint density at radius 1 is 1.07 bits per heavy atom. The van der Waals surface area contributed by atoms with E-state index in [0.29, 0.717) is 36.4 Å². The number of carbonyl (C=O) groups excluding carboxylic acids is 2. The number of aromatic nitrogens is 2. The van der Waals surface area contributed by atoms with E-state index in [1.54, 1.807) is 7.05 Å². The van der Waals surface area contributed by atoms with Crippen LogP contribution in [0.15, 0.2) is 34.9 Å². The number of rotatable bonds is 5. The number of urea groups is 1. The number of benzene rings is 1. The topological polar surface area (TPSA) is 91.6 Å². The van der Waals surface area contributed by atoms with E-state index >= 15 is 0 Å². The molecule has 2 fully saturated rings. The molecule has 0 spiro atoms. The van der Waals surface area contributed by atoms with Crippen LogP contribution in [-0.4, -0.2) is 65.1 Å². The van der Waals surface area contributed by atoms with Crippen molar-refractivity contribution in [3.8, 4) is 11.4 Å². The normalized spacial score (nSPS) is 19.8. The molecule has 1 N–H and O–H groups in total. The molecule has 0 saturated carbocycles. The summed E-state index contributed by atoms with van der Waals surface area (Å²) in [7, 11) is 1.67. The van der Waals surface area contributed by atoms with E-state index in [1.165, 1.54) is 0 Å². The Labute approximate surface area is 176 Å². The van der Waals surface area contributed by atoms with Gasteiger partial charge in [0.15, 0.2) is 0 Å². The van der Waals surface area contributed by atoms with Gasteiger partial charge in [-0.3, -0.25) is 4.79 Å². The van der Waals surface area contributed by atoms with Gasteiger partial charge in [0.05, 0.1) is 0 Å². The fraction of sp³-hybridized carbons (Fsp3) is 0.545. The first-order valence-electron chi connectivity index (χ1n) is 10.8. The minimum absolute atomic E-state index is 0.00752. The number of hydrogen-bond acceptors (Lipinski definition) is 5. The van der Waals surface area contributed by atoms with E-state index < -0.39 is 0 Å². The third-order valence-corrected chi connectivity index (χ3v) is 6.34. The summed E-state index contributed by atoms with van der Waals surface area (Å²) in [5.41, 5.74) is 0.906. The van der Waals surface area contributed by atoms with Crippen molar-refractivity contribution in [2.24, 2.45) is 11.8 Å². The molecule has 8 heteroatoms. The second-order valence-corrected chi connectivity index (χ2v) is 8.15. The Kier molecular flexibility index (Phi) is 6.30. The smallest absolute Gasteiger partial charge is 0.317 e. The molecular weight excluding hydrogens is 382 g/mol. The first-order chi connectivity index (χ1) is 14.6. The van der Waals surface area contributed by atoms with Gasteiger partial charge in [-0.05, 0) is 31.1 Å². The number of likely N-dealkylation sites (tertiary alicyclic amines) is 2. The highest BCUT2D eigenvalue weighted by molar-refractivity contribution is 5.76. The van der Waals surface area contributed by atoms with Crippen LogP contribution in [0.3, 0.4) is 0 Å². The monoisotopic (exact) mass is 411 g/mol. The van der Waals surface area contributed by atoms with E-state index in [9.17, 15) is 9.59 Å². The summed E-state index contributed by atoms with van der Waals surface area (Å²) in [6.07, 6.45) is 3.94. The molecule has 1 aromatic heterocycles. The maximum Gasteiger partial charge on any atom is 0.317 e. The van der Waals surface area contributed by atoms with Crippen molar-refractivity contribution in [3.05, 3.63) is 36.2 Å². The predicted molar refractivity (Wildman–Crippen MR) is 111 cm³/mol. The number of nitrogens with one attached hydrogen (secondary N) is 1. The van der Waals surface area contributed by atoms with Gasteiger partial charge >= 0.3 is 6.03 Å². The molecule has 3 amide bonds. The van der Waals surface area contributed by atoms with Crippen LogP contribution in [0.4, 0.5) is 4.79 Å². The molecule has 4 rings (SSSR count). The molecule has 160 valence electrons. The highest BCUT2D eigenvalue weighted by atomic mass is 16.5. The van der Waals surface area contributed by atoms with Gasteiger partial charge in [-0.1, -0.05) is 35.5 Å². The molecular formula is C22H29N5O3. The van der Waals surface area contributed by atoms with Crippen LogP contribution in [-0.2, 0) is 11.2 Å². The van der Waals surface area contributed by atoms with Crippen molar-refractivity contribution in [1.29, 1.82) is 0 Å². The lowest BCUT2D eigenvalue weighted by Gasteiger charge is -2.34. The second-order valence-electron chi connectivity index (χ2n) is 8.15. The summed E-state index contributed by atoms with van der Waals surface area (Å²) in [4.78, 5) is 32.7. The molecule has 0 radical (unpaired) electrons. The SMILES string of the molecule is CNC(=O)N1CCC(C2CCN(C(=O)CCc3nc(-c4ccccc4)no3)C2)CC1. The Morgan fingerprint density at radius 2 is 1.77 bits per heavy atom. The van der Waals surface area contributed by atoms with Crippen LogP contribution in [0, 0.1) is 11.8 Å². The van der Waals surface area contributed by atoms with Crippen LogP contribution < -0.4 is 5.32 Å². The zero-order chi connectivity index (χ0) is 20.9. The van der Waals surface area contributed by atoms with Crippen molar-refractivity contribution in [2.75, 3.05) is 33.2 Å². The Hall–Kier alpha value is -2.90. The molecule has 1 aromatic carbocycles. The second kappa shape index (κ2) is 9.28. The standard InChI is InChI=1S/C22H29N5O3/c1-23-22(29)26-12-9-16(10-13-26)18-11-14-27(15-18)20(28)8-7-19-24-21(25-30-19)17-5-3-2-4-6-17/h2-6,16,18H,7-15H2,1H3,(H,23,29). The lowest BCUT2D eigenvalue weighted by molar-refractivity contribution is -0.130. The van der Waals surface area contributed by atoms with E-state index in [2.05, 4.69) is 15.5 Å². The summed E-state index contributed by atoms with van der Waals surface area (Å²) in [5.74, 6) is 2.34. The summed E-state index contributed by atoms with van der Waals surface area (Å²) in [5, 5.41) is 6.71. The largest absolute Gasteiger partial charge is 0.342 e. The van der Waals surface area contributed by atoms with Gasteiger partial charge in [-0.25, -0.2) is 4.79 Å². The van der Waals surface area contributed by atoms with Crippen LogP contribution in [0.2, 0.25) is 0 Å². The third-order valence-electron chi connectivity index (χ3n) is 6.34. The van der Waals surface area contributed by atoms with Crippen molar-refractivity contribution in [2.45, 2.75) is 32.1 Å². The summed E-state index contributed by atoms with van der Waals surface area (Å²) < 4.78 is 5.32. The molecule has 0 bridgehead atoms. The van der Waals surface area contributed by atoms with Gasteiger partial charge in [0.1, 0.15) is 0 Å². The number of piperidine rings is 1. The van der Waals surface area contributed by atoms with Gasteiger partial charge in [0.25, 0.3) is 0 Å². The lowest BCUT2D eigenvalue weighted by Crippen LogP contribution is -2.44. The molecule has 1 unspecified atom stereocenters. The number of aryl methyl sites for hydroxylation is 1. The fourth-order valence-electron chi connectivity index (χ4n) is 4.56. The maximum absolute atomic E-state index is 12.7. The average Bonchev–Trinajstić information content (AvgIpc) is 3.48. The molecule has 8 nitrogen and oxygen atoms in total. The molecule has 1 atom stereocenters. The quantitative estimate of drug-likeness (QED) is 0.816. The van der Waals surface area contributed by atoms with E-state index in [1.807, 2.05) is 40.1 Å². The van der Waals surface area contributed by atoms with E-state index in [4.69, 9.17) is 4.52 Å². The van der Waals surface area contributed by atoms with Gasteiger partial charge in [0.2, 0.25) is 17.6 Å². The van der Waals surface area contributed by atoms with Crippen LogP contribution in [0.25, 0.3) is 11.4 Å². The highest BCUT2D eigenvalue weighted by Gasteiger charge is 2.34. The van der Waals surface area contributed by atoms with Crippen molar-refractivity contribution < 1.29 is 14.1 Å². The van der Waals surface area contributed by atoms with Gasteiger partial charge in [-0.2, -0.15) is 4.98 Å². The minimum Gasteiger partial charge on any atom is -0.342 e. The third kappa shape index (κ3) is 4.63. The predicted octanol–water partition coefficient (Wildman–Crippen LogP) is 2.57. The van der Waals surface area contributed by atoms with Crippen LogP contribution in [0.5, 0.6) is 0 Å². The number of hydrogen-bond donors (Lipinski definition) is 1. The first-order valence-corrected chi connectivity index (χ1v) is 10.8. The zero-order valence-electron chi connectivity index (χ0n) is 17.4. The van der Waals surface area contributed by atoms with E-state index in [0.717, 1.165) is 51.0 Å². The molecule has 0 aliphatic carbocycles. The molecule has 2 saturated heterocycles. The summed E-state index contributed by atoms with van der Waals surface area (Å²) in [6.45, 7) is 3.24. The highest BCUT2D eigenvalue weighted by Crippen LogP contribution is 2.32. The van der Waals surface area contributed by atoms with Crippen molar-refractivity contribution in [3.63, 3.8) is 0 Å². The molecule has 30 heavy (non-hydrogen) atoms. The number of carbonyl (C=O) groups is 2. The Balaban J connectivity index is 1.23. The minimum atomic E-state index is 0.00752. The molecule has 3 heterocycles. The molecule has 2 aromatic rings. The van der Waals surface area contributed by atoms with Crippen LogP contribution >= 0.6 is 0 Å². The zero-order valence-corrected chi connectivity index (χ0v) is 17.4. The Morgan fingerprint density at radius 3 is 2.50 bits per heavy atom. The maximum atomic E-state index is 12.7. The number of nitrogens with zero attached hydrogens (tertiary/aromatic N) is 4. The van der Waals surface area contributed by atoms with Gasteiger partial charge in [0, 0.05) is 51.6 Å². The van der Waals surface area contributed by atoms with Gasteiger partial charge < -0.3 is 19.6 Å². The lowest BCUT2D eigenvalue weighted by atomic mass is 9.84. The summed E-state index contributed by atoms with van der Waals surface area (Å²) >= 11 is 0.